The number of amides is 1. The number of hydrogen-bond donors (Lipinski definition) is 2. The first-order valence-corrected chi connectivity index (χ1v) is 5.93. The molecule has 2 unspecified atom stereocenters. The molecule has 1 aliphatic carbocycles. The van der Waals surface area contributed by atoms with Gasteiger partial charge in [-0.2, -0.15) is 0 Å². The largest absolute Gasteiger partial charge is 0.352 e. The molecule has 2 atom stereocenters. The van der Waals surface area contributed by atoms with Crippen molar-refractivity contribution in [1.29, 1.82) is 0 Å². The highest BCUT2D eigenvalue weighted by molar-refractivity contribution is 5.78. The van der Waals surface area contributed by atoms with Crippen LogP contribution in [0.4, 0.5) is 4.39 Å². The van der Waals surface area contributed by atoms with E-state index in [1.54, 1.807) is 12.1 Å². The molecular formula is C13H17FN2O. The van der Waals surface area contributed by atoms with E-state index in [0.29, 0.717) is 6.54 Å². The summed E-state index contributed by atoms with van der Waals surface area (Å²) in [6.07, 6.45) is 2.53. The van der Waals surface area contributed by atoms with Crippen LogP contribution in [0.2, 0.25) is 0 Å². The molecule has 0 aromatic heterocycles. The molecule has 3 N–H and O–H groups in total. The van der Waals surface area contributed by atoms with E-state index in [1.165, 1.54) is 12.1 Å². The number of benzene rings is 1. The molecule has 1 aromatic rings. The second-order valence-corrected chi connectivity index (χ2v) is 4.62. The summed E-state index contributed by atoms with van der Waals surface area (Å²) in [5.41, 5.74) is 6.54. The lowest BCUT2D eigenvalue weighted by molar-refractivity contribution is -0.125. The fraction of sp³-hybridized carbons (Fsp3) is 0.462. The van der Waals surface area contributed by atoms with E-state index in [1.807, 2.05) is 0 Å². The van der Waals surface area contributed by atoms with Gasteiger partial charge >= 0.3 is 0 Å². The zero-order valence-electron chi connectivity index (χ0n) is 9.66. The van der Waals surface area contributed by atoms with Crippen LogP contribution >= 0.6 is 0 Å². The van der Waals surface area contributed by atoms with E-state index in [4.69, 9.17) is 5.73 Å². The van der Waals surface area contributed by atoms with E-state index in [-0.39, 0.29) is 23.7 Å². The van der Waals surface area contributed by atoms with Crippen molar-refractivity contribution in [1.82, 2.24) is 5.32 Å². The molecule has 0 heterocycles. The number of carbonyl (C=O) groups excluding carboxylic acids is 1. The van der Waals surface area contributed by atoms with Crippen LogP contribution in [0.15, 0.2) is 24.3 Å². The maximum absolute atomic E-state index is 12.9. The van der Waals surface area contributed by atoms with Crippen LogP contribution in [0.1, 0.15) is 24.8 Å². The summed E-state index contributed by atoms with van der Waals surface area (Å²) in [5.74, 6) is -0.222. The topological polar surface area (TPSA) is 55.1 Å². The summed E-state index contributed by atoms with van der Waals surface area (Å²) in [5, 5.41) is 2.83. The number of nitrogens with two attached hydrogens (primary N) is 1. The van der Waals surface area contributed by atoms with Crippen LogP contribution in [-0.4, -0.2) is 11.9 Å². The van der Waals surface area contributed by atoms with Gasteiger partial charge in [0.25, 0.3) is 0 Å². The van der Waals surface area contributed by atoms with Crippen LogP contribution in [-0.2, 0) is 11.3 Å². The van der Waals surface area contributed by atoms with Crippen LogP contribution in [0.25, 0.3) is 0 Å². The Labute approximate surface area is 100 Å². The maximum Gasteiger partial charge on any atom is 0.223 e. The van der Waals surface area contributed by atoms with Crippen LogP contribution < -0.4 is 11.1 Å². The molecule has 2 rings (SSSR count). The van der Waals surface area contributed by atoms with E-state index in [9.17, 15) is 9.18 Å². The molecule has 0 bridgehead atoms. The van der Waals surface area contributed by atoms with Gasteiger partial charge in [0.2, 0.25) is 5.91 Å². The summed E-state index contributed by atoms with van der Waals surface area (Å²) in [6.45, 7) is 0.377. The van der Waals surface area contributed by atoms with Gasteiger partial charge in [0.15, 0.2) is 0 Å². The van der Waals surface area contributed by atoms with Crippen molar-refractivity contribution in [3.05, 3.63) is 35.6 Å². The van der Waals surface area contributed by atoms with Gasteiger partial charge in [0.1, 0.15) is 5.82 Å². The molecule has 3 nitrogen and oxygen atoms in total. The van der Waals surface area contributed by atoms with Gasteiger partial charge in [-0.25, -0.2) is 4.39 Å². The SMILES string of the molecule is NC1CCC(C(=O)NCc2cccc(F)c2)C1. The smallest absolute Gasteiger partial charge is 0.223 e. The Kier molecular flexibility index (Phi) is 3.74. The van der Waals surface area contributed by atoms with Gasteiger partial charge in [-0.05, 0) is 37.0 Å². The quantitative estimate of drug-likeness (QED) is 0.837. The third kappa shape index (κ3) is 3.27. The Balaban J connectivity index is 1.84. The third-order valence-electron chi connectivity index (χ3n) is 3.20. The number of hydrogen-bond acceptors (Lipinski definition) is 2. The highest BCUT2D eigenvalue weighted by atomic mass is 19.1. The molecule has 1 fully saturated rings. The van der Waals surface area contributed by atoms with Gasteiger partial charge < -0.3 is 11.1 Å². The lowest BCUT2D eigenvalue weighted by atomic mass is 10.1. The molecule has 0 saturated heterocycles. The zero-order chi connectivity index (χ0) is 12.3. The molecule has 1 amide bonds. The van der Waals surface area contributed by atoms with Crippen molar-refractivity contribution in [2.24, 2.45) is 11.7 Å². The Morgan fingerprint density at radius 3 is 2.94 bits per heavy atom. The number of carbonyl (C=O) groups is 1. The predicted molar refractivity (Wildman–Crippen MR) is 63.6 cm³/mol. The first kappa shape index (κ1) is 12.0. The van der Waals surface area contributed by atoms with Gasteiger partial charge in [0, 0.05) is 18.5 Å². The van der Waals surface area contributed by atoms with Crippen molar-refractivity contribution < 1.29 is 9.18 Å². The summed E-state index contributed by atoms with van der Waals surface area (Å²) >= 11 is 0. The highest BCUT2D eigenvalue weighted by Crippen LogP contribution is 2.24. The van der Waals surface area contributed by atoms with Crippen LogP contribution in [0, 0.1) is 11.7 Å². The van der Waals surface area contributed by atoms with Crippen LogP contribution in [0.3, 0.4) is 0 Å². The summed E-state index contributed by atoms with van der Waals surface area (Å²) < 4.78 is 12.9. The summed E-state index contributed by atoms with van der Waals surface area (Å²) in [4.78, 5) is 11.8. The van der Waals surface area contributed by atoms with Crippen molar-refractivity contribution in [2.45, 2.75) is 31.8 Å². The predicted octanol–water partition coefficient (Wildman–Crippen LogP) is 1.57. The van der Waals surface area contributed by atoms with E-state index < -0.39 is 0 Å². The Bertz CT molecular complexity index is 408. The minimum atomic E-state index is -0.278. The second-order valence-electron chi connectivity index (χ2n) is 4.62. The molecule has 1 aromatic carbocycles. The van der Waals surface area contributed by atoms with Crippen molar-refractivity contribution in [2.75, 3.05) is 0 Å². The molecule has 1 aliphatic rings. The van der Waals surface area contributed by atoms with Gasteiger partial charge in [0.05, 0.1) is 0 Å². The van der Waals surface area contributed by atoms with Crippen molar-refractivity contribution in [3.8, 4) is 0 Å². The van der Waals surface area contributed by atoms with Gasteiger partial charge in [-0.15, -0.1) is 0 Å². The average Bonchev–Trinajstić information content (AvgIpc) is 2.73. The molecule has 0 aliphatic heterocycles. The minimum absolute atomic E-state index is 0.0264. The van der Waals surface area contributed by atoms with Gasteiger partial charge in [-0.3, -0.25) is 4.79 Å². The molecule has 17 heavy (non-hydrogen) atoms. The highest BCUT2D eigenvalue weighted by Gasteiger charge is 2.27. The molecule has 1 saturated carbocycles. The maximum atomic E-state index is 12.9. The standard InChI is InChI=1S/C13H17FN2O/c14-11-3-1-2-9(6-11)8-16-13(17)10-4-5-12(15)7-10/h1-3,6,10,12H,4-5,7-8,15H2,(H,16,17). The van der Waals surface area contributed by atoms with Crippen molar-refractivity contribution in [3.63, 3.8) is 0 Å². The number of halogens is 1. The molecule has 4 heteroatoms. The number of rotatable bonds is 3. The van der Waals surface area contributed by atoms with E-state index >= 15 is 0 Å². The second kappa shape index (κ2) is 5.27. The fourth-order valence-electron chi connectivity index (χ4n) is 2.23. The van der Waals surface area contributed by atoms with Crippen LogP contribution in [0.5, 0.6) is 0 Å². The van der Waals surface area contributed by atoms with E-state index in [0.717, 1.165) is 24.8 Å². The van der Waals surface area contributed by atoms with E-state index in [2.05, 4.69) is 5.32 Å². The fourth-order valence-corrected chi connectivity index (χ4v) is 2.23. The molecular weight excluding hydrogens is 219 g/mol. The summed E-state index contributed by atoms with van der Waals surface area (Å²) in [7, 11) is 0. The Hall–Kier alpha value is -1.42. The Morgan fingerprint density at radius 1 is 1.47 bits per heavy atom. The lowest BCUT2D eigenvalue weighted by Crippen LogP contribution is -2.30. The third-order valence-corrected chi connectivity index (χ3v) is 3.20. The molecule has 0 spiro atoms. The zero-order valence-corrected chi connectivity index (χ0v) is 9.66. The lowest BCUT2D eigenvalue weighted by Gasteiger charge is -2.10. The summed E-state index contributed by atoms with van der Waals surface area (Å²) in [6, 6.07) is 6.41. The average molecular weight is 236 g/mol. The monoisotopic (exact) mass is 236 g/mol. The minimum Gasteiger partial charge on any atom is -0.352 e. The first-order chi connectivity index (χ1) is 8.15. The Morgan fingerprint density at radius 2 is 2.29 bits per heavy atom. The molecule has 92 valence electrons. The van der Waals surface area contributed by atoms with Gasteiger partial charge in [-0.1, -0.05) is 12.1 Å². The number of nitrogens with one attached hydrogen (secondary N) is 1. The molecule has 0 radical (unpaired) electrons. The van der Waals surface area contributed by atoms with Crippen molar-refractivity contribution >= 4 is 5.91 Å². The first-order valence-electron chi connectivity index (χ1n) is 5.93. The normalized spacial score (nSPS) is 23.6.